The number of hydrogen-bond acceptors (Lipinski definition) is 5. The Morgan fingerprint density at radius 3 is 2.76 bits per heavy atom. The second-order valence-electron chi connectivity index (χ2n) is 4.72. The zero-order valence-electron chi connectivity index (χ0n) is 12.7. The van der Waals surface area contributed by atoms with Gasteiger partial charge >= 0.3 is 0 Å². The van der Waals surface area contributed by atoms with Gasteiger partial charge in [0.05, 0.1) is 5.69 Å². The minimum atomic E-state index is 0.438. The molecule has 0 spiro atoms. The van der Waals surface area contributed by atoms with Crippen LogP contribution < -0.4 is 5.32 Å². The van der Waals surface area contributed by atoms with Gasteiger partial charge in [0.15, 0.2) is 5.82 Å². The molecule has 1 N–H and O–H groups in total. The summed E-state index contributed by atoms with van der Waals surface area (Å²) in [6.07, 6.45) is 3.55. The third-order valence-electron chi connectivity index (χ3n) is 2.91. The Hall–Kier alpha value is -2.01. The molecule has 0 aliphatic heterocycles. The van der Waals surface area contributed by atoms with E-state index in [-0.39, 0.29) is 0 Å². The molecule has 0 bridgehead atoms. The van der Waals surface area contributed by atoms with Gasteiger partial charge in [-0.15, -0.1) is 0 Å². The molecule has 5 heteroatoms. The minimum Gasteiger partial charge on any atom is -0.374 e. The standard InChI is InChI=1S/C16H22N4O/c1-3-8-18-15-11-14(10-13-7-5-6-9-17-13)19-16(20-15)12-21-4-2/h5-7,9,11H,3-4,8,10,12H2,1-2H3,(H,18,19,20). The minimum absolute atomic E-state index is 0.438. The quantitative estimate of drug-likeness (QED) is 0.808. The molecule has 2 rings (SSSR count). The molecule has 0 radical (unpaired) electrons. The lowest BCUT2D eigenvalue weighted by molar-refractivity contribution is 0.128. The molecular weight excluding hydrogens is 264 g/mol. The Bertz CT molecular complexity index is 519. The molecule has 112 valence electrons. The first-order chi connectivity index (χ1) is 10.3. The monoisotopic (exact) mass is 286 g/mol. The number of rotatable bonds is 8. The van der Waals surface area contributed by atoms with E-state index in [0.29, 0.717) is 25.5 Å². The van der Waals surface area contributed by atoms with Gasteiger partial charge in [0.2, 0.25) is 0 Å². The summed E-state index contributed by atoms with van der Waals surface area (Å²) in [4.78, 5) is 13.4. The SMILES string of the molecule is CCCNc1cc(Cc2ccccn2)nc(COCC)n1. The van der Waals surface area contributed by atoms with Crippen LogP contribution in [0.2, 0.25) is 0 Å². The van der Waals surface area contributed by atoms with Crippen LogP contribution in [0.4, 0.5) is 5.82 Å². The summed E-state index contributed by atoms with van der Waals surface area (Å²) >= 11 is 0. The van der Waals surface area contributed by atoms with Gasteiger partial charge in [-0.25, -0.2) is 9.97 Å². The Balaban J connectivity index is 2.17. The first-order valence-corrected chi connectivity index (χ1v) is 7.40. The second-order valence-corrected chi connectivity index (χ2v) is 4.72. The average molecular weight is 286 g/mol. The van der Waals surface area contributed by atoms with Crippen molar-refractivity contribution in [3.63, 3.8) is 0 Å². The Kier molecular flexibility index (Phi) is 6.09. The van der Waals surface area contributed by atoms with E-state index in [9.17, 15) is 0 Å². The lowest BCUT2D eigenvalue weighted by Crippen LogP contribution is -2.09. The fourth-order valence-corrected chi connectivity index (χ4v) is 1.93. The van der Waals surface area contributed by atoms with Crippen LogP contribution in [0.5, 0.6) is 0 Å². The number of ether oxygens (including phenoxy) is 1. The molecule has 0 unspecified atom stereocenters. The van der Waals surface area contributed by atoms with Crippen LogP contribution in [0.3, 0.4) is 0 Å². The van der Waals surface area contributed by atoms with E-state index < -0.39 is 0 Å². The van der Waals surface area contributed by atoms with E-state index in [1.165, 1.54) is 0 Å². The molecule has 2 aromatic rings. The maximum absolute atomic E-state index is 5.42. The summed E-state index contributed by atoms with van der Waals surface area (Å²) in [6.45, 7) is 6.09. The predicted molar refractivity (Wildman–Crippen MR) is 83.2 cm³/mol. The summed E-state index contributed by atoms with van der Waals surface area (Å²) < 4.78 is 5.42. The molecule has 2 heterocycles. The highest BCUT2D eigenvalue weighted by molar-refractivity contribution is 5.37. The van der Waals surface area contributed by atoms with Crippen LogP contribution in [0.25, 0.3) is 0 Å². The van der Waals surface area contributed by atoms with Crippen LogP contribution >= 0.6 is 0 Å². The molecule has 0 fully saturated rings. The van der Waals surface area contributed by atoms with E-state index in [0.717, 1.165) is 30.2 Å². The molecule has 0 aliphatic rings. The largest absolute Gasteiger partial charge is 0.374 e. The number of nitrogens with zero attached hydrogens (tertiary/aromatic N) is 3. The molecule has 0 saturated carbocycles. The number of nitrogens with one attached hydrogen (secondary N) is 1. The molecule has 2 aromatic heterocycles. The van der Waals surface area contributed by atoms with Gasteiger partial charge in [0, 0.05) is 37.5 Å². The van der Waals surface area contributed by atoms with Crippen molar-refractivity contribution < 1.29 is 4.74 Å². The van der Waals surface area contributed by atoms with E-state index in [2.05, 4.69) is 27.2 Å². The van der Waals surface area contributed by atoms with Crippen LogP contribution in [0.1, 0.15) is 37.5 Å². The normalized spacial score (nSPS) is 10.6. The second kappa shape index (κ2) is 8.32. The third kappa shape index (κ3) is 5.11. The van der Waals surface area contributed by atoms with E-state index in [1.807, 2.05) is 31.2 Å². The van der Waals surface area contributed by atoms with Gasteiger partial charge in [-0.05, 0) is 25.5 Å². The van der Waals surface area contributed by atoms with Gasteiger partial charge < -0.3 is 10.1 Å². The maximum Gasteiger partial charge on any atom is 0.156 e. The molecular formula is C16H22N4O. The Labute approximate surface area is 125 Å². The van der Waals surface area contributed by atoms with E-state index >= 15 is 0 Å². The van der Waals surface area contributed by atoms with Crippen LogP contribution in [-0.2, 0) is 17.8 Å². The fourth-order valence-electron chi connectivity index (χ4n) is 1.93. The molecule has 21 heavy (non-hydrogen) atoms. The molecule has 0 amide bonds. The van der Waals surface area contributed by atoms with Crippen LogP contribution in [0, 0.1) is 0 Å². The van der Waals surface area contributed by atoms with Gasteiger partial charge in [0.1, 0.15) is 12.4 Å². The number of anilines is 1. The number of aromatic nitrogens is 3. The lowest BCUT2D eigenvalue weighted by atomic mass is 10.2. The first kappa shape index (κ1) is 15.4. The van der Waals surface area contributed by atoms with Crippen molar-refractivity contribution in [3.8, 4) is 0 Å². The maximum atomic E-state index is 5.42. The highest BCUT2D eigenvalue weighted by Crippen LogP contribution is 2.11. The molecule has 0 aromatic carbocycles. The molecule has 5 nitrogen and oxygen atoms in total. The highest BCUT2D eigenvalue weighted by Gasteiger charge is 2.06. The van der Waals surface area contributed by atoms with E-state index in [4.69, 9.17) is 4.74 Å². The smallest absolute Gasteiger partial charge is 0.156 e. The predicted octanol–water partition coefficient (Wildman–Crippen LogP) is 2.82. The Morgan fingerprint density at radius 1 is 1.14 bits per heavy atom. The van der Waals surface area contributed by atoms with Crippen molar-refractivity contribution in [2.75, 3.05) is 18.5 Å². The summed E-state index contributed by atoms with van der Waals surface area (Å²) in [5, 5.41) is 3.31. The van der Waals surface area contributed by atoms with Crippen molar-refractivity contribution in [2.24, 2.45) is 0 Å². The van der Waals surface area contributed by atoms with Crippen molar-refractivity contribution >= 4 is 5.82 Å². The fraction of sp³-hybridized carbons (Fsp3) is 0.438. The van der Waals surface area contributed by atoms with E-state index in [1.54, 1.807) is 6.20 Å². The van der Waals surface area contributed by atoms with Gasteiger partial charge in [-0.3, -0.25) is 4.98 Å². The lowest BCUT2D eigenvalue weighted by Gasteiger charge is -2.09. The Morgan fingerprint density at radius 2 is 2.05 bits per heavy atom. The zero-order chi connectivity index (χ0) is 14.9. The van der Waals surface area contributed by atoms with Gasteiger partial charge in [0.25, 0.3) is 0 Å². The van der Waals surface area contributed by atoms with Crippen molar-refractivity contribution in [1.29, 1.82) is 0 Å². The summed E-state index contributed by atoms with van der Waals surface area (Å²) in [6, 6.07) is 7.89. The third-order valence-corrected chi connectivity index (χ3v) is 2.91. The van der Waals surface area contributed by atoms with Crippen LogP contribution in [0.15, 0.2) is 30.5 Å². The average Bonchev–Trinajstić information content (AvgIpc) is 2.52. The summed E-state index contributed by atoms with van der Waals surface area (Å²) in [7, 11) is 0. The van der Waals surface area contributed by atoms with Crippen LogP contribution in [-0.4, -0.2) is 28.1 Å². The number of hydrogen-bond donors (Lipinski definition) is 1. The highest BCUT2D eigenvalue weighted by atomic mass is 16.5. The van der Waals surface area contributed by atoms with Crippen molar-refractivity contribution in [2.45, 2.75) is 33.3 Å². The van der Waals surface area contributed by atoms with Crippen molar-refractivity contribution in [1.82, 2.24) is 15.0 Å². The molecule has 0 saturated heterocycles. The first-order valence-electron chi connectivity index (χ1n) is 7.40. The molecule has 0 aliphatic carbocycles. The number of pyridine rings is 1. The topological polar surface area (TPSA) is 59.9 Å². The summed E-state index contributed by atoms with van der Waals surface area (Å²) in [5.74, 6) is 1.57. The molecule has 0 atom stereocenters. The van der Waals surface area contributed by atoms with Gasteiger partial charge in [-0.1, -0.05) is 13.0 Å². The van der Waals surface area contributed by atoms with Crippen molar-refractivity contribution in [3.05, 3.63) is 47.7 Å². The van der Waals surface area contributed by atoms with Gasteiger partial charge in [-0.2, -0.15) is 0 Å². The zero-order valence-corrected chi connectivity index (χ0v) is 12.7. The summed E-state index contributed by atoms with van der Waals surface area (Å²) in [5.41, 5.74) is 1.96.